The first kappa shape index (κ1) is 16.8. The van der Waals surface area contributed by atoms with Crippen LogP contribution in [0, 0.1) is 17.8 Å². The number of aliphatic imine (C=N–C) groups is 1. The molecule has 0 radical (unpaired) electrons. The Balaban J connectivity index is 1.53. The molecule has 4 amide bonds. The number of fused-ring (bicyclic) bond motifs is 2. The van der Waals surface area contributed by atoms with Crippen LogP contribution in [-0.2, 0) is 9.59 Å². The van der Waals surface area contributed by atoms with E-state index >= 15 is 0 Å². The van der Waals surface area contributed by atoms with Crippen molar-refractivity contribution in [1.29, 1.82) is 0 Å². The van der Waals surface area contributed by atoms with Crippen LogP contribution in [0.15, 0.2) is 29.3 Å². The molecule has 1 heterocycles. The molecule has 1 aromatic carbocycles. The number of barbiturate groups is 1. The lowest BCUT2D eigenvalue weighted by Gasteiger charge is -2.36. The van der Waals surface area contributed by atoms with Gasteiger partial charge in [-0.05, 0) is 55.4 Å². The number of nitrogens with one attached hydrogen (secondary N) is 1. The van der Waals surface area contributed by atoms with Crippen LogP contribution in [0.2, 0.25) is 0 Å². The lowest BCUT2D eigenvalue weighted by molar-refractivity contribution is -0.141. The second-order valence-corrected chi connectivity index (χ2v) is 7.20. The molecular weight excluding hydrogens is 334 g/mol. The number of urea groups is 1. The monoisotopic (exact) mass is 355 g/mol. The number of hydrogen-bond donors (Lipinski definition) is 1. The number of nitrogens with zero attached hydrogens (tertiary/aromatic N) is 2. The van der Waals surface area contributed by atoms with E-state index in [1.165, 1.54) is 17.5 Å². The first-order valence-electron chi connectivity index (χ1n) is 8.93. The fraction of sp³-hybridized carbons (Fsp3) is 0.474. The van der Waals surface area contributed by atoms with E-state index in [-0.39, 0.29) is 6.04 Å². The number of imide groups is 2. The smallest absolute Gasteiger partial charge is 0.331 e. The minimum absolute atomic E-state index is 0.0914. The van der Waals surface area contributed by atoms with Crippen molar-refractivity contribution in [3.63, 3.8) is 0 Å². The topological polar surface area (TPSA) is 88.1 Å². The summed E-state index contributed by atoms with van der Waals surface area (Å²) in [5.41, 5.74) is 0.606. The number of carbonyl (C=O) groups excluding carboxylic acids is 3. The predicted molar refractivity (Wildman–Crippen MR) is 94.3 cm³/mol. The predicted octanol–water partition coefficient (Wildman–Crippen LogP) is 2.28. The number of ether oxygens (including phenoxy) is 1. The highest BCUT2D eigenvalue weighted by Crippen LogP contribution is 2.47. The van der Waals surface area contributed by atoms with Gasteiger partial charge in [-0.25, -0.2) is 4.79 Å². The average molecular weight is 355 g/mol. The molecule has 1 aromatic rings. The average Bonchev–Trinajstić information content (AvgIpc) is 3.25. The Morgan fingerprint density at radius 2 is 1.92 bits per heavy atom. The minimum Gasteiger partial charge on any atom is -0.497 e. The summed E-state index contributed by atoms with van der Waals surface area (Å²) in [6.45, 7) is 0. The van der Waals surface area contributed by atoms with Gasteiger partial charge in [0.1, 0.15) is 5.75 Å². The number of benzene rings is 1. The molecule has 136 valence electrons. The molecule has 2 bridgehead atoms. The molecule has 1 N–H and O–H groups in total. The lowest BCUT2D eigenvalue weighted by Crippen LogP contribution is -2.62. The highest BCUT2D eigenvalue weighted by molar-refractivity contribution is 6.23. The maximum atomic E-state index is 12.9. The zero-order valence-electron chi connectivity index (χ0n) is 14.6. The second-order valence-electron chi connectivity index (χ2n) is 7.20. The van der Waals surface area contributed by atoms with Gasteiger partial charge in [-0.1, -0.05) is 6.42 Å². The summed E-state index contributed by atoms with van der Waals surface area (Å²) in [6.07, 6.45) is 5.46. The molecule has 3 aliphatic rings. The largest absolute Gasteiger partial charge is 0.497 e. The van der Waals surface area contributed by atoms with E-state index in [0.717, 1.165) is 19.3 Å². The van der Waals surface area contributed by atoms with E-state index in [9.17, 15) is 14.4 Å². The summed E-state index contributed by atoms with van der Waals surface area (Å²) >= 11 is 0. The summed E-state index contributed by atoms with van der Waals surface area (Å²) in [5.74, 6) is -0.501. The number of methoxy groups -OCH3 is 1. The van der Waals surface area contributed by atoms with Gasteiger partial charge in [0.2, 0.25) is 11.8 Å². The maximum absolute atomic E-state index is 12.9. The van der Waals surface area contributed by atoms with Crippen LogP contribution in [0.5, 0.6) is 5.75 Å². The summed E-state index contributed by atoms with van der Waals surface area (Å²) < 4.78 is 5.09. The molecule has 26 heavy (non-hydrogen) atoms. The summed E-state index contributed by atoms with van der Waals surface area (Å²) in [4.78, 5) is 42.8. The zero-order valence-corrected chi connectivity index (χ0v) is 14.6. The van der Waals surface area contributed by atoms with Crippen molar-refractivity contribution in [3.8, 4) is 5.75 Å². The Kier molecular flexibility index (Phi) is 4.22. The van der Waals surface area contributed by atoms with Crippen molar-refractivity contribution in [2.45, 2.75) is 31.7 Å². The van der Waals surface area contributed by atoms with Crippen molar-refractivity contribution in [1.82, 2.24) is 10.2 Å². The van der Waals surface area contributed by atoms with E-state index < -0.39 is 23.8 Å². The quantitative estimate of drug-likeness (QED) is 0.663. The standard InChI is InChI=1S/C19H21N3O4/c1-26-14-6-4-13(5-7-14)20-10-15-17(23)21-19(25)22(18(15)24)16-9-11-2-3-12(16)8-11/h4-7,10-12,15-16H,2-3,8-9H2,1H3,(H,21,23,25)/t11-,12-,15-,16+/m0/s1. The highest BCUT2D eigenvalue weighted by atomic mass is 16.5. The lowest BCUT2D eigenvalue weighted by atomic mass is 9.92. The van der Waals surface area contributed by atoms with E-state index in [4.69, 9.17) is 4.74 Å². The summed E-state index contributed by atoms with van der Waals surface area (Å²) in [7, 11) is 1.57. The first-order chi connectivity index (χ1) is 12.6. The third-order valence-corrected chi connectivity index (χ3v) is 5.71. The Morgan fingerprint density at radius 3 is 2.54 bits per heavy atom. The molecule has 0 spiro atoms. The maximum Gasteiger partial charge on any atom is 0.331 e. The fourth-order valence-electron chi connectivity index (χ4n) is 4.41. The van der Waals surface area contributed by atoms with Gasteiger partial charge in [0.25, 0.3) is 0 Å². The Morgan fingerprint density at radius 1 is 1.15 bits per heavy atom. The molecule has 2 saturated carbocycles. The van der Waals surface area contributed by atoms with Gasteiger partial charge in [-0.15, -0.1) is 0 Å². The van der Waals surface area contributed by atoms with Crippen LogP contribution >= 0.6 is 0 Å². The summed E-state index contributed by atoms with van der Waals surface area (Å²) in [6, 6.07) is 6.29. The first-order valence-corrected chi connectivity index (χ1v) is 8.93. The van der Waals surface area contributed by atoms with Gasteiger partial charge in [-0.3, -0.25) is 24.8 Å². The van der Waals surface area contributed by atoms with Crippen molar-refractivity contribution in [3.05, 3.63) is 24.3 Å². The third-order valence-electron chi connectivity index (χ3n) is 5.71. The molecule has 1 saturated heterocycles. The molecule has 7 heteroatoms. The van der Waals surface area contributed by atoms with Crippen LogP contribution in [0.25, 0.3) is 0 Å². The van der Waals surface area contributed by atoms with Crippen LogP contribution in [0.4, 0.5) is 10.5 Å². The Bertz CT molecular complexity index is 773. The number of carbonyl (C=O) groups is 3. The number of rotatable bonds is 4. The number of hydrogen-bond acceptors (Lipinski definition) is 5. The van der Waals surface area contributed by atoms with Crippen molar-refractivity contribution >= 4 is 29.7 Å². The normalized spacial score (nSPS) is 31.0. The van der Waals surface area contributed by atoms with Crippen LogP contribution in [0.3, 0.4) is 0 Å². The van der Waals surface area contributed by atoms with Gasteiger partial charge in [0, 0.05) is 12.3 Å². The third kappa shape index (κ3) is 2.87. The van der Waals surface area contributed by atoms with E-state index in [2.05, 4.69) is 10.3 Å². The van der Waals surface area contributed by atoms with E-state index in [1.54, 1.807) is 31.4 Å². The second kappa shape index (κ2) is 6.55. The van der Waals surface area contributed by atoms with Gasteiger partial charge in [0.15, 0.2) is 5.92 Å². The van der Waals surface area contributed by atoms with Crippen molar-refractivity contribution in [2.75, 3.05) is 7.11 Å². The fourth-order valence-corrected chi connectivity index (χ4v) is 4.41. The molecule has 3 fully saturated rings. The summed E-state index contributed by atoms with van der Waals surface area (Å²) in [5, 5.41) is 2.32. The van der Waals surface area contributed by atoms with E-state index in [1.807, 2.05) is 0 Å². The Labute approximate surface area is 151 Å². The minimum atomic E-state index is -1.08. The molecule has 0 aromatic heterocycles. The zero-order chi connectivity index (χ0) is 18.3. The van der Waals surface area contributed by atoms with E-state index in [0.29, 0.717) is 23.3 Å². The SMILES string of the molecule is COc1ccc(N=C[C@H]2C(=O)NC(=O)N([C@@H]3C[C@H]4CC[C@H]3C4)C2=O)cc1. The molecule has 1 aliphatic heterocycles. The molecule has 4 atom stereocenters. The van der Waals surface area contributed by atoms with Crippen LogP contribution in [-0.4, -0.2) is 42.1 Å². The van der Waals surface area contributed by atoms with Gasteiger partial charge in [0.05, 0.1) is 12.8 Å². The van der Waals surface area contributed by atoms with Gasteiger partial charge in [-0.2, -0.15) is 0 Å². The number of amides is 4. The molecule has 4 rings (SSSR count). The molecule has 7 nitrogen and oxygen atoms in total. The Hall–Kier alpha value is -2.70. The van der Waals surface area contributed by atoms with Crippen molar-refractivity contribution < 1.29 is 19.1 Å². The molecule has 2 aliphatic carbocycles. The highest BCUT2D eigenvalue weighted by Gasteiger charge is 2.50. The molecular formula is C19H21N3O4. The van der Waals surface area contributed by atoms with Gasteiger partial charge >= 0.3 is 6.03 Å². The van der Waals surface area contributed by atoms with Crippen molar-refractivity contribution in [2.24, 2.45) is 22.7 Å². The van der Waals surface area contributed by atoms with Crippen LogP contribution < -0.4 is 10.1 Å². The van der Waals surface area contributed by atoms with Crippen LogP contribution in [0.1, 0.15) is 25.7 Å². The molecule has 0 unspecified atom stereocenters. The van der Waals surface area contributed by atoms with Gasteiger partial charge < -0.3 is 4.74 Å².